The minimum atomic E-state index is -0.781. The van der Waals surface area contributed by atoms with Gasteiger partial charge in [-0.1, -0.05) is 54.7 Å². The van der Waals surface area contributed by atoms with Gasteiger partial charge in [0.05, 0.1) is 0 Å². The van der Waals surface area contributed by atoms with Crippen LogP contribution in [0.15, 0.2) is 78.9 Å². The fraction of sp³-hybridized carbons (Fsp3) is 0.286. The van der Waals surface area contributed by atoms with Crippen molar-refractivity contribution in [3.8, 4) is 11.5 Å². The number of rotatable bonds is 10. The highest BCUT2D eigenvalue weighted by Gasteiger charge is 2.28. The molecule has 1 aliphatic rings. The molecule has 3 amide bonds. The van der Waals surface area contributed by atoms with Gasteiger partial charge in [-0.2, -0.15) is 0 Å². The van der Waals surface area contributed by atoms with Gasteiger partial charge in [-0.15, -0.1) is 0 Å². The summed E-state index contributed by atoms with van der Waals surface area (Å²) < 4.78 is 6.96. The van der Waals surface area contributed by atoms with Crippen LogP contribution in [0.4, 0.5) is 10.5 Å². The number of halogens is 1. The Balaban J connectivity index is 1.37. The summed E-state index contributed by atoms with van der Waals surface area (Å²) in [5.74, 6) is 1.03. The Morgan fingerprint density at radius 2 is 1.57 bits per heavy atom. The van der Waals surface area contributed by atoms with E-state index in [1.54, 1.807) is 48.5 Å². The van der Waals surface area contributed by atoms with Gasteiger partial charge in [-0.3, -0.25) is 9.10 Å². The van der Waals surface area contributed by atoms with E-state index in [0.717, 1.165) is 29.5 Å². The number of nitrogens with zero attached hydrogens (tertiary/aromatic N) is 2. The summed E-state index contributed by atoms with van der Waals surface area (Å²) in [7, 11) is 0. The lowest BCUT2D eigenvalue weighted by Crippen LogP contribution is -2.49. The first-order chi connectivity index (χ1) is 18.0. The molecule has 0 aliphatic carbocycles. The van der Waals surface area contributed by atoms with Crippen molar-refractivity contribution >= 4 is 42.0 Å². The molecule has 0 radical (unpaired) electrons. The lowest BCUT2D eigenvalue weighted by molar-refractivity contribution is -0.124. The normalized spacial score (nSPS) is 14.1. The Hall–Kier alpha value is -3.20. The fourth-order valence-corrected chi connectivity index (χ4v) is 4.52. The van der Waals surface area contributed by atoms with Gasteiger partial charge in [-0.05, 0) is 80.0 Å². The predicted octanol–water partition coefficient (Wildman–Crippen LogP) is 5.63. The SMILES string of the molecule is O=C(NCCN1CCCC1)[C@H](Cc1ccccc1)N(S)C(=O)Nc1ccc(Oc2ccc(Cl)cc2)cc1. The van der Waals surface area contributed by atoms with Crippen molar-refractivity contribution in [1.82, 2.24) is 14.5 Å². The summed E-state index contributed by atoms with van der Waals surface area (Å²) in [4.78, 5) is 28.5. The average Bonchev–Trinajstić information content (AvgIpc) is 3.43. The van der Waals surface area contributed by atoms with Crippen molar-refractivity contribution in [3.63, 3.8) is 0 Å². The molecule has 3 aromatic carbocycles. The van der Waals surface area contributed by atoms with E-state index < -0.39 is 12.1 Å². The standard InChI is InChI=1S/C28H31ClN4O3S/c29-22-8-12-24(13-9-22)36-25-14-10-23(11-15-25)31-28(35)33(37)26(20-21-6-2-1-3-7-21)27(34)30-16-19-32-17-4-5-18-32/h1-3,6-15,26,37H,4-5,16-20H2,(H,30,34)(H,31,35)/t26-/m0/s1. The third-order valence-electron chi connectivity index (χ3n) is 6.16. The molecule has 194 valence electrons. The lowest BCUT2D eigenvalue weighted by atomic mass is 10.1. The number of likely N-dealkylation sites (tertiary alicyclic amines) is 1. The second kappa shape index (κ2) is 13.4. The van der Waals surface area contributed by atoms with Gasteiger partial charge in [-0.25, -0.2) is 4.79 Å². The molecule has 1 aliphatic heterocycles. The Morgan fingerprint density at radius 1 is 0.946 bits per heavy atom. The summed E-state index contributed by atoms with van der Waals surface area (Å²) in [6, 6.07) is 22.3. The zero-order valence-corrected chi connectivity index (χ0v) is 22.1. The third kappa shape index (κ3) is 8.15. The number of hydrogen-bond acceptors (Lipinski definition) is 5. The molecule has 0 spiro atoms. The molecule has 0 bridgehead atoms. The zero-order chi connectivity index (χ0) is 26.0. The molecule has 3 aromatic rings. The number of thiol groups is 1. The van der Waals surface area contributed by atoms with Crippen LogP contribution in [0.3, 0.4) is 0 Å². The molecule has 1 heterocycles. The lowest BCUT2D eigenvalue weighted by Gasteiger charge is -2.27. The molecule has 7 nitrogen and oxygen atoms in total. The number of amides is 3. The van der Waals surface area contributed by atoms with E-state index in [4.69, 9.17) is 16.3 Å². The van der Waals surface area contributed by atoms with E-state index in [1.807, 2.05) is 30.3 Å². The molecule has 2 N–H and O–H groups in total. The predicted molar refractivity (Wildman–Crippen MR) is 150 cm³/mol. The Kier molecular flexibility index (Phi) is 9.71. The maximum Gasteiger partial charge on any atom is 0.332 e. The number of carbonyl (C=O) groups excluding carboxylic acids is 2. The van der Waals surface area contributed by atoms with Crippen molar-refractivity contribution in [2.24, 2.45) is 0 Å². The highest BCUT2D eigenvalue weighted by molar-refractivity contribution is 7.78. The molecule has 9 heteroatoms. The molecule has 0 saturated carbocycles. The maximum atomic E-state index is 13.1. The molecule has 0 unspecified atom stereocenters. The van der Waals surface area contributed by atoms with E-state index in [-0.39, 0.29) is 5.91 Å². The van der Waals surface area contributed by atoms with Crippen LogP contribution in [-0.2, 0) is 11.2 Å². The first-order valence-corrected chi connectivity index (χ1v) is 13.1. The second-order valence-corrected chi connectivity index (χ2v) is 9.77. The first-order valence-electron chi connectivity index (χ1n) is 12.3. The van der Waals surface area contributed by atoms with Gasteiger partial charge in [0.25, 0.3) is 0 Å². The minimum Gasteiger partial charge on any atom is -0.457 e. The largest absolute Gasteiger partial charge is 0.457 e. The molecule has 1 atom stereocenters. The van der Waals surface area contributed by atoms with Gasteiger partial charge in [0.1, 0.15) is 17.5 Å². The highest BCUT2D eigenvalue weighted by atomic mass is 35.5. The van der Waals surface area contributed by atoms with Crippen LogP contribution in [0.5, 0.6) is 11.5 Å². The average molecular weight is 539 g/mol. The van der Waals surface area contributed by atoms with Crippen LogP contribution in [-0.4, -0.2) is 53.4 Å². The molecular formula is C28H31ClN4O3S. The van der Waals surface area contributed by atoms with Crippen LogP contribution in [0.25, 0.3) is 0 Å². The number of carbonyl (C=O) groups is 2. The van der Waals surface area contributed by atoms with Gasteiger partial charge >= 0.3 is 6.03 Å². The van der Waals surface area contributed by atoms with E-state index in [2.05, 4.69) is 28.3 Å². The highest BCUT2D eigenvalue weighted by Crippen LogP contribution is 2.25. The molecule has 1 saturated heterocycles. The Morgan fingerprint density at radius 3 is 2.22 bits per heavy atom. The summed E-state index contributed by atoms with van der Waals surface area (Å²) in [6.45, 7) is 3.46. The number of nitrogens with one attached hydrogen (secondary N) is 2. The zero-order valence-electron chi connectivity index (χ0n) is 20.5. The van der Waals surface area contributed by atoms with Crippen molar-refractivity contribution in [1.29, 1.82) is 0 Å². The number of urea groups is 1. The number of benzene rings is 3. The topological polar surface area (TPSA) is 73.9 Å². The summed E-state index contributed by atoms with van der Waals surface area (Å²) in [6.07, 6.45) is 2.74. The summed E-state index contributed by atoms with van der Waals surface area (Å²) in [5, 5.41) is 6.43. The number of anilines is 1. The third-order valence-corrected chi connectivity index (χ3v) is 6.87. The van der Waals surface area contributed by atoms with E-state index in [9.17, 15) is 9.59 Å². The number of ether oxygens (including phenoxy) is 1. The maximum absolute atomic E-state index is 13.1. The fourth-order valence-electron chi connectivity index (χ4n) is 4.16. The molecule has 37 heavy (non-hydrogen) atoms. The minimum absolute atomic E-state index is 0.236. The molecular weight excluding hydrogens is 508 g/mol. The van der Waals surface area contributed by atoms with Gasteiger partial charge < -0.3 is 20.3 Å². The quantitative estimate of drug-likeness (QED) is 0.292. The van der Waals surface area contributed by atoms with Gasteiger partial charge in [0, 0.05) is 30.2 Å². The van der Waals surface area contributed by atoms with Crippen LogP contribution in [0.2, 0.25) is 5.02 Å². The molecule has 0 aromatic heterocycles. The van der Waals surface area contributed by atoms with E-state index in [1.165, 1.54) is 12.8 Å². The summed E-state index contributed by atoms with van der Waals surface area (Å²) >= 11 is 10.4. The Labute approximate surface area is 228 Å². The van der Waals surface area contributed by atoms with Gasteiger partial charge in [0.2, 0.25) is 5.91 Å². The van der Waals surface area contributed by atoms with Crippen molar-refractivity contribution < 1.29 is 14.3 Å². The van der Waals surface area contributed by atoms with Gasteiger partial charge in [0.15, 0.2) is 0 Å². The number of hydrogen-bond donors (Lipinski definition) is 3. The van der Waals surface area contributed by atoms with E-state index >= 15 is 0 Å². The Bertz CT molecular complexity index is 1160. The van der Waals surface area contributed by atoms with Crippen LogP contribution < -0.4 is 15.4 Å². The molecule has 1 fully saturated rings. The monoisotopic (exact) mass is 538 g/mol. The summed E-state index contributed by atoms with van der Waals surface area (Å²) in [5.41, 5.74) is 1.50. The molecule has 4 rings (SSSR count). The first kappa shape index (κ1) is 26.9. The smallest absolute Gasteiger partial charge is 0.332 e. The van der Waals surface area contributed by atoms with Crippen LogP contribution >= 0.6 is 24.4 Å². The second-order valence-electron chi connectivity index (χ2n) is 8.90. The van der Waals surface area contributed by atoms with E-state index in [0.29, 0.717) is 35.2 Å². The van der Waals surface area contributed by atoms with Crippen molar-refractivity contribution in [3.05, 3.63) is 89.4 Å². The van der Waals surface area contributed by atoms with Crippen LogP contribution in [0.1, 0.15) is 18.4 Å². The van der Waals surface area contributed by atoms with Crippen molar-refractivity contribution in [2.75, 3.05) is 31.5 Å². The van der Waals surface area contributed by atoms with Crippen molar-refractivity contribution in [2.45, 2.75) is 25.3 Å². The van der Waals surface area contributed by atoms with Crippen LogP contribution in [0, 0.1) is 0 Å².